The van der Waals surface area contributed by atoms with E-state index in [1.165, 1.54) is 6.07 Å². The first-order chi connectivity index (χ1) is 11.3. The number of nitrogens with one attached hydrogen (secondary N) is 1. The second kappa shape index (κ2) is 5.68. The maximum atomic E-state index is 11.1. The number of aromatic nitrogens is 4. The van der Waals surface area contributed by atoms with Crippen LogP contribution in [0.15, 0.2) is 47.4 Å². The van der Waals surface area contributed by atoms with Gasteiger partial charge in [-0.25, -0.2) is 10.1 Å². The van der Waals surface area contributed by atoms with Crippen LogP contribution in [0.25, 0.3) is 11.0 Å². The van der Waals surface area contributed by atoms with Gasteiger partial charge in [-0.05, 0) is 18.2 Å². The maximum absolute atomic E-state index is 11.1. The van der Waals surface area contributed by atoms with Crippen LogP contribution in [0.1, 0.15) is 0 Å². The fraction of sp³-hybridized carbons (Fsp3) is 0.250. The van der Waals surface area contributed by atoms with Crippen LogP contribution in [-0.4, -0.2) is 46.3 Å². The third kappa shape index (κ3) is 2.73. The van der Waals surface area contributed by atoms with E-state index >= 15 is 0 Å². The van der Waals surface area contributed by atoms with Crippen LogP contribution in [0.5, 0.6) is 0 Å². The second-order valence-electron chi connectivity index (χ2n) is 5.47. The number of hydrogen-bond donors (Lipinski definition) is 1. The predicted molar refractivity (Wildman–Crippen MR) is 88.8 cm³/mol. The first-order valence-electron chi connectivity index (χ1n) is 7.57. The van der Waals surface area contributed by atoms with Gasteiger partial charge in [-0.3, -0.25) is 9.78 Å². The average molecular weight is 308 g/mol. The van der Waals surface area contributed by atoms with Crippen molar-refractivity contribution < 1.29 is 0 Å². The molecule has 3 heterocycles. The molecule has 1 aliphatic heterocycles. The van der Waals surface area contributed by atoms with Crippen LogP contribution in [0, 0.1) is 0 Å². The third-order valence-electron chi connectivity index (χ3n) is 4.03. The van der Waals surface area contributed by atoms with E-state index < -0.39 is 0 Å². The zero-order valence-electron chi connectivity index (χ0n) is 12.5. The summed E-state index contributed by atoms with van der Waals surface area (Å²) in [5.41, 5.74) is 1.64. The molecule has 0 atom stereocenters. The van der Waals surface area contributed by atoms with Crippen molar-refractivity contribution in [2.45, 2.75) is 0 Å². The fourth-order valence-corrected chi connectivity index (χ4v) is 2.78. The molecule has 0 spiro atoms. The summed E-state index contributed by atoms with van der Waals surface area (Å²) >= 11 is 0. The molecule has 0 bridgehead atoms. The highest BCUT2D eigenvalue weighted by Gasteiger charge is 2.19. The van der Waals surface area contributed by atoms with Crippen molar-refractivity contribution in [1.82, 2.24) is 20.2 Å². The topological polar surface area (TPSA) is 78.0 Å². The Labute approximate surface area is 132 Å². The number of fused-ring (bicyclic) bond motifs is 1. The number of benzene rings is 1. The van der Waals surface area contributed by atoms with Gasteiger partial charge >= 0.3 is 0 Å². The van der Waals surface area contributed by atoms with Crippen LogP contribution in [0.2, 0.25) is 0 Å². The summed E-state index contributed by atoms with van der Waals surface area (Å²) in [6, 6.07) is 11.1. The first kappa shape index (κ1) is 13.7. The van der Waals surface area contributed by atoms with E-state index in [-0.39, 0.29) is 5.56 Å². The lowest BCUT2D eigenvalue weighted by Crippen LogP contribution is -2.47. The average Bonchev–Trinajstić information content (AvgIpc) is 2.62. The Morgan fingerprint density at radius 1 is 0.870 bits per heavy atom. The predicted octanol–water partition coefficient (Wildman–Crippen LogP) is 1.04. The van der Waals surface area contributed by atoms with E-state index in [1.807, 2.05) is 30.5 Å². The summed E-state index contributed by atoms with van der Waals surface area (Å²) in [6.07, 6.45) is 1.83. The molecule has 0 amide bonds. The molecule has 116 valence electrons. The van der Waals surface area contributed by atoms with Gasteiger partial charge in [0, 0.05) is 32.2 Å². The van der Waals surface area contributed by atoms with Gasteiger partial charge in [-0.15, -0.1) is 0 Å². The van der Waals surface area contributed by atoms with Crippen molar-refractivity contribution in [2.24, 2.45) is 0 Å². The highest BCUT2D eigenvalue weighted by molar-refractivity contribution is 5.75. The number of aromatic amines is 1. The highest BCUT2D eigenvalue weighted by Crippen LogP contribution is 2.18. The Morgan fingerprint density at radius 2 is 1.57 bits per heavy atom. The summed E-state index contributed by atoms with van der Waals surface area (Å²) in [4.78, 5) is 24.6. The Balaban J connectivity index is 1.50. The molecule has 4 rings (SSSR count). The number of piperazine rings is 1. The van der Waals surface area contributed by atoms with Crippen LogP contribution < -0.4 is 15.4 Å². The molecule has 1 saturated heterocycles. The van der Waals surface area contributed by atoms with Crippen LogP contribution in [0.4, 0.5) is 11.6 Å². The van der Waals surface area contributed by atoms with E-state index in [1.54, 1.807) is 6.07 Å². The zero-order valence-corrected chi connectivity index (χ0v) is 12.5. The molecular weight excluding hydrogens is 292 g/mol. The van der Waals surface area contributed by atoms with Gasteiger partial charge in [0.15, 0.2) is 0 Å². The first-order valence-corrected chi connectivity index (χ1v) is 7.57. The van der Waals surface area contributed by atoms with E-state index in [9.17, 15) is 4.79 Å². The number of hydrogen-bond acceptors (Lipinski definition) is 6. The Morgan fingerprint density at radius 3 is 2.26 bits per heavy atom. The van der Waals surface area contributed by atoms with Crippen molar-refractivity contribution in [3.05, 3.63) is 52.9 Å². The molecule has 7 nitrogen and oxygen atoms in total. The van der Waals surface area contributed by atoms with Gasteiger partial charge < -0.3 is 9.80 Å². The maximum Gasteiger partial charge on any atom is 0.264 e. The van der Waals surface area contributed by atoms with E-state index in [4.69, 9.17) is 4.98 Å². The molecule has 0 saturated carbocycles. The van der Waals surface area contributed by atoms with E-state index in [0.717, 1.165) is 48.8 Å². The molecule has 7 heteroatoms. The minimum Gasteiger partial charge on any atom is -0.352 e. The molecule has 1 aromatic carbocycles. The second-order valence-corrected chi connectivity index (χ2v) is 5.47. The third-order valence-corrected chi connectivity index (χ3v) is 4.03. The number of para-hydroxylation sites is 2. The summed E-state index contributed by atoms with van der Waals surface area (Å²) in [5, 5.41) is 6.56. The number of rotatable bonds is 2. The minimum absolute atomic E-state index is 0.182. The van der Waals surface area contributed by atoms with Gasteiger partial charge in [-0.1, -0.05) is 12.1 Å². The summed E-state index contributed by atoms with van der Waals surface area (Å²) in [5.74, 6) is 1.70. The van der Waals surface area contributed by atoms with E-state index in [2.05, 4.69) is 25.0 Å². The van der Waals surface area contributed by atoms with Crippen molar-refractivity contribution in [3.63, 3.8) is 0 Å². The number of nitrogens with zero attached hydrogens (tertiary/aromatic N) is 5. The number of H-pyrrole nitrogens is 1. The molecule has 3 aromatic rings. The number of anilines is 2. The van der Waals surface area contributed by atoms with Gasteiger partial charge in [0.25, 0.3) is 5.56 Å². The van der Waals surface area contributed by atoms with Crippen molar-refractivity contribution in [2.75, 3.05) is 36.0 Å². The highest BCUT2D eigenvalue weighted by atomic mass is 16.1. The molecule has 1 aliphatic rings. The fourth-order valence-electron chi connectivity index (χ4n) is 2.78. The Bertz CT molecular complexity index is 864. The smallest absolute Gasteiger partial charge is 0.264 e. The van der Waals surface area contributed by atoms with Gasteiger partial charge in [0.2, 0.25) is 0 Å². The largest absolute Gasteiger partial charge is 0.352 e. The van der Waals surface area contributed by atoms with Gasteiger partial charge in [0.1, 0.15) is 11.6 Å². The standard InChI is InChI=1S/C16H16N6O/c23-16-6-5-14(19-20-16)21-7-9-22(10-8-21)15-11-17-12-3-1-2-4-13(12)18-15/h1-6,11H,7-10H2,(H,20,23). The summed E-state index contributed by atoms with van der Waals surface area (Å²) in [6.45, 7) is 3.34. The van der Waals surface area contributed by atoms with Crippen molar-refractivity contribution >= 4 is 22.7 Å². The SMILES string of the molecule is O=c1ccc(N2CCN(c3cnc4ccccc4n3)CC2)n[nH]1. The lowest BCUT2D eigenvalue weighted by molar-refractivity contribution is 0.637. The minimum atomic E-state index is -0.182. The normalized spacial score (nSPS) is 15.1. The molecule has 0 radical (unpaired) electrons. The molecule has 1 fully saturated rings. The van der Waals surface area contributed by atoms with Crippen molar-refractivity contribution in [1.29, 1.82) is 0 Å². The molecular formula is C16H16N6O. The van der Waals surface area contributed by atoms with Gasteiger partial charge in [-0.2, -0.15) is 5.10 Å². The van der Waals surface area contributed by atoms with E-state index in [0.29, 0.717) is 0 Å². The summed E-state index contributed by atoms with van der Waals surface area (Å²) in [7, 11) is 0. The van der Waals surface area contributed by atoms with Crippen LogP contribution >= 0.6 is 0 Å². The van der Waals surface area contributed by atoms with Gasteiger partial charge in [0.05, 0.1) is 17.2 Å². The molecule has 23 heavy (non-hydrogen) atoms. The molecule has 2 aromatic heterocycles. The molecule has 0 unspecified atom stereocenters. The summed E-state index contributed by atoms with van der Waals surface area (Å²) < 4.78 is 0. The molecule has 0 aliphatic carbocycles. The van der Waals surface area contributed by atoms with Crippen LogP contribution in [-0.2, 0) is 0 Å². The lowest BCUT2D eigenvalue weighted by Gasteiger charge is -2.35. The van der Waals surface area contributed by atoms with Crippen molar-refractivity contribution in [3.8, 4) is 0 Å². The monoisotopic (exact) mass is 308 g/mol. The Kier molecular flexibility index (Phi) is 3.38. The molecule has 1 N–H and O–H groups in total. The lowest BCUT2D eigenvalue weighted by atomic mass is 10.3. The Hall–Kier alpha value is -2.96. The quantitative estimate of drug-likeness (QED) is 0.762. The van der Waals surface area contributed by atoms with Crippen LogP contribution in [0.3, 0.4) is 0 Å². The zero-order chi connectivity index (χ0) is 15.6.